The van der Waals surface area contributed by atoms with Crippen LogP contribution in [0.2, 0.25) is 0 Å². The van der Waals surface area contributed by atoms with Crippen LogP contribution >= 0.6 is 0 Å². The average molecular weight is 284 g/mol. The maximum absolute atomic E-state index is 13.3. The Labute approximate surface area is 114 Å². The van der Waals surface area contributed by atoms with Crippen molar-refractivity contribution in [3.8, 4) is 0 Å². The molecular weight excluding hydrogens is 270 g/mol. The van der Waals surface area contributed by atoms with Gasteiger partial charge in [-0.05, 0) is 30.2 Å². The van der Waals surface area contributed by atoms with Crippen LogP contribution in [0.1, 0.15) is 12.5 Å². The lowest BCUT2D eigenvalue weighted by molar-refractivity contribution is -0.148. The van der Waals surface area contributed by atoms with Crippen LogP contribution in [0.4, 0.5) is 8.78 Å². The van der Waals surface area contributed by atoms with Gasteiger partial charge in [0.2, 0.25) is 0 Å². The second kappa shape index (κ2) is 6.83. The summed E-state index contributed by atoms with van der Waals surface area (Å²) in [5, 5.41) is 6.13. The van der Waals surface area contributed by atoms with Crippen molar-refractivity contribution in [2.75, 3.05) is 20.2 Å². The number of nitrogens with one attached hydrogen (secondary N) is 1. The standard InChI is InChI=1S/C12H14F2N4O2/c1-12(11(19)20-2,16-5-6-17-18-15)8-3-4-9(13)10(14)7-8/h3-4,7,16H,5-6H2,1-2H3. The van der Waals surface area contributed by atoms with Crippen LogP contribution in [-0.2, 0) is 15.1 Å². The van der Waals surface area contributed by atoms with Crippen LogP contribution in [0.15, 0.2) is 23.3 Å². The molecule has 1 rings (SSSR count). The van der Waals surface area contributed by atoms with Crippen LogP contribution in [0, 0.1) is 11.6 Å². The van der Waals surface area contributed by atoms with E-state index in [1.807, 2.05) is 0 Å². The molecule has 0 aliphatic rings. The average Bonchev–Trinajstić information content (AvgIpc) is 2.45. The largest absolute Gasteiger partial charge is 0.467 e. The maximum atomic E-state index is 13.3. The van der Waals surface area contributed by atoms with E-state index in [0.29, 0.717) is 0 Å². The van der Waals surface area contributed by atoms with Gasteiger partial charge in [-0.25, -0.2) is 13.6 Å². The van der Waals surface area contributed by atoms with E-state index in [9.17, 15) is 13.6 Å². The molecule has 1 aromatic carbocycles. The van der Waals surface area contributed by atoms with Gasteiger partial charge in [-0.3, -0.25) is 5.32 Å². The fraction of sp³-hybridized carbons (Fsp3) is 0.417. The van der Waals surface area contributed by atoms with Gasteiger partial charge in [0, 0.05) is 18.0 Å². The molecule has 0 spiro atoms. The maximum Gasteiger partial charge on any atom is 0.330 e. The molecule has 1 N–H and O–H groups in total. The van der Waals surface area contributed by atoms with E-state index in [1.54, 1.807) is 0 Å². The zero-order valence-electron chi connectivity index (χ0n) is 11.1. The summed E-state index contributed by atoms with van der Waals surface area (Å²) in [5.41, 5.74) is 7.03. The predicted molar refractivity (Wildman–Crippen MR) is 67.7 cm³/mol. The number of carbonyl (C=O) groups excluding carboxylic acids is 1. The molecule has 0 fully saturated rings. The quantitative estimate of drug-likeness (QED) is 0.286. The molecule has 6 nitrogen and oxygen atoms in total. The zero-order chi connectivity index (χ0) is 15.2. The minimum Gasteiger partial charge on any atom is -0.467 e. The number of carbonyl (C=O) groups is 1. The van der Waals surface area contributed by atoms with Crippen molar-refractivity contribution in [3.63, 3.8) is 0 Å². The number of hydrogen-bond donors (Lipinski definition) is 1. The van der Waals surface area contributed by atoms with E-state index in [4.69, 9.17) is 5.53 Å². The first-order chi connectivity index (χ1) is 9.45. The Hall–Kier alpha value is -2.18. The Morgan fingerprint density at radius 3 is 2.75 bits per heavy atom. The highest BCUT2D eigenvalue weighted by molar-refractivity contribution is 5.82. The van der Waals surface area contributed by atoms with Gasteiger partial charge in [0.25, 0.3) is 0 Å². The summed E-state index contributed by atoms with van der Waals surface area (Å²) in [5.74, 6) is -2.73. The van der Waals surface area contributed by atoms with Crippen LogP contribution in [0.25, 0.3) is 10.4 Å². The Morgan fingerprint density at radius 2 is 2.20 bits per heavy atom. The third-order valence-electron chi connectivity index (χ3n) is 2.84. The summed E-state index contributed by atoms with van der Waals surface area (Å²) < 4.78 is 30.9. The summed E-state index contributed by atoms with van der Waals surface area (Å²) >= 11 is 0. The minimum atomic E-state index is -1.37. The lowest BCUT2D eigenvalue weighted by Crippen LogP contribution is -2.48. The first kappa shape index (κ1) is 15.9. The Morgan fingerprint density at radius 1 is 1.50 bits per heavy atom. The molecule has 0 aromatic heterocycles. The number of rotatable bonds is 6. The zero-order valence-corrected chi connectivity index (χ0v) is 11.1. The summed E-state index contributed by atoms with van der Waals surface area (Å²) in [6.07, 6.45) is 0. The summed E-state index contributed by atoms with van der Waals surface area (Å²) in [7, 11) is 1.19. The van der Waals surface area contributed by atoms with Crippen molar-refractivity contribution in [3.05, 3.63) is 45.8 Å². The molecule has 1 atom stereocenters. The number of nitrogens with zero attached hydrogens (tertiary/aromatic N) is 3. The first-order valence-electron chi connectivity index (χ1n) is 5.75. The third-order valence-corrected chi connectivity index (χ3v) is 2.84. The van der Waals surface area contributed by atoms with Gasteiger partial charge in [0.1, 0.15) is 5.54 Å². The number of ether oxygens (including phenoxy) is 1. The smallest absolute Gasteiger partial charge is 0.330 e. The number of esters is 1. The van der Waals surface area contributed by atoms with Gasteiger partial charge in [0.05, 0.1) is 7.11 Å². The van der Waals surface area contributed by atoms with E-state index >= 15 is 0 Å². The second-order valence-corrected chi connectivity index (χ2v) is 4.13. The van der Waals surface area contributed by atoms with Gasteiger partial charge in [-0.15, -0.1) is 0 Å². The van der Waals surface area contributed by atoms with Crippen molar-refractivity contribution in [2.24, 2.45) is 5.11 Å². The van der Waals surface area contributed by atoms with E-state index in [1.165, 1.54) is 20.1 Å². The SMILES string of the molecule is COC(=O)C(C)(NCCN=[N+]=[N-])c1ccc(F)c(F)c1. The molecule has 0 heterocycles. The number of methoxy groups -OCH3 is 1. The van der Waals surface area contributed by atoms with E-state index in [0.717, 1.165) is 12.1 Å². The molecule has 0 amide bonds. The van der Waals surface area contributed by atoms with Crippen molar-refractivity contribution < 1.29 is 18.3 Å². The van der Waals surface area contributed by atoms with Crippen LogP contribution in [-0.4, -0.2) is 26.2 Å². The molecule has 108 valence electrons. The van der Waals surface area contributed by atoms with Crippen molar-refractivity contribution >= 4 is 5.97 Å². The number of benzene rings is 1. The molecule has 8 heteroatoms. The Kier molecular flexibility index (Phi) is 5.42. The molecular formula is C12H14F2N4O2. The molecule has 0 saturated heterocycles. The molecule has 0 bridgehead atoms. The molecule has 0 aliphatic heterocycles. The van der Waals surface area contributed by atoms with Crippen molar-refractivity contribution in [1.29, 1.82) is 0 Å². The second-order valence-electron chi connectivity index (χ2n) is 4.13. The Bertz CT molecular complexity index is 546. The first-order valence-corrected chi connectivity index (χ1v) is 5.75. The predicted octanol–water partition coefficient (Wildman–Crippen LogP) is 2.25. The normalized spacial score (nSPS) is 13.2. The summed E-state index contributed by atoms with van der Waals surface area (Å²) in [4.78, 5) is 14.5. The number of azide groups is 1. The van der Waals surface area contributed by atoms with Crippen LogP contribution in [0.3, 0.4) is 0 Å². The Balaban J connectivity index is 3.06. The van der Waals surface area contributed by atoms with Crippen molar-refractivity contribution in [2.45, 2.75) is 12.5 Å². The molecule has 1 unspecified atom stereocenters. The molecule has 0 saturated carbocycles. The highest BCUT2D eigenvalue weighted by atomic mass is 19.2. The van der Waals surface area contributed by atoms with Gasteiger partial charge in [-0.1, -0.05) is 11.2 Å². The van der Waals surface area contributed by atoms with Gasteiger partial charge < -0.3 is 4.74 Å². The fourth-order valence-electron chi connectivity index (χ4n) is 1.70. The van der Waals surface area contributed by atoms with E-state index < -0.39 is 23.1 Å². The third kappa shape index (κ3) is 3.43. The molecule has 1 aromatic rings. The van der Waals surface area contributed by atoms with Gasteiger partial charge in [-0.2, -0.15) is 0 Å². The molecule has 0 radical (unpaired) electrons. The topological polar surface area (TPSA) is 87.1 Å². The van der Waals surface area contributed by atoms with Gasteiger partial charge in [0.15, 0.2) is 11.6 Å². The van der Waals surface area contributed by atoms with Crippen molar-refractivity contribution in [1.82, 2.24) is 5.32 Å². The van der Waals surface area contributed by atoms with E-state index in [2.05, 4.69) is 20.1 Å². The van der Waals surface area contributed by atoms with Crippen LogP contribution in [0.5, 0.6) is 0 Å². The highest BCUT2D eigenvalue weighted by Gasteiger charge is 2.36. The lowest BCUT2D eigenvalue weighted by atomic mass is 9.91. The summed E-state index contributed by atoms with van der Waals surface area (Å²) in [6, 6.07) is 3.14. The highest BCUT2D eigenvalue weighted by Crippen LogP contribution is 2.24. The monoisotopic (exact) mass is 284 g/mol. The molecule has 20 heavy (non-hydrogen) atoms. The minimum absolute atomic E-state index is 0.104. The van der Waals surface area contributed by atoms with Crippen LogP contribution < -0.4 is 5.32 Å². The summed E-state index contributed by atoms with van der Waals surface area (Å²) in [6.45, 7) is 1.75. The number of halogens is 2. The fourth-order valence-corrected chi connectivity index (χ4v) is 1.70. The van der Waals surface area contributed by atoms with Gasteiger partial charge >= 0.3 is 5.97 Å². The van der Waals surface area contributed by atoms with E-state index in [-0.39, 0.29) is 18.7 Å². The number of hydrogen-bond acceptors (Lipinski definition) is 4. The lowest BCUT2D eigenvalue weighted by Gasteiger charge is -2.28. The molecule has 0 aliphatic carbocycles.